The second-order valence-electron chi connectivity index (χ2n) is 4.11. The monoisotopic (exact) mass is 319 g/mol. The van der Waals surface area contributed by atoms with E-state index in [9.17, 15) is 4.79 Å². The zero-order valence-corrected chi connectivity index (χ0v) is 12.2. The summed E-state index contributed by atoms with van der Waals surface area (Å²) in [6.45, 7) is 0. The van der Waals surface area contributed by atoms with Crippen LogP contribution in [-0.4, -0.2) is 22.9 Å². The lowest BCUT2D eigenvalue weighted by molar-refractivity contribution is -0.118. The molecule has 4 nitrogen and oxygen atoms in total. The fourth-order valence-corrected chi connectivity index (χ4v) is 1.98. The summed E-state index contributed by atoms with van der Waals surface area (Å²) in [7, 11) is 1.73. The lowest BCUT2D eigenvalue weighted by Gasteiger charge is -2.16. The Morgan fingerprint density at radius 1 is 1.26 bits per heavy atom. The molecule has 2 aromatic heterocycles. The molecule has 1 amide bonds. The van der Waals surface area contributed by atoms with Crippen molar-refractivity contribution in [2.75, 3.05) is 11.9 Å². The highest BCUT2D eigenvalue weighted by Crippen LogP contribution is 2.16. The predicted octanol–water partition coefficient (Wildman–Crippen LogP) is 2.83. The van der Waals surface area contributed by atoms with Crippen LogP contribution in [0.5, 0.6) is 0 Å². The van der Waals surface area contributed by atoms with Gasteiger partial charge in [0.25, 0.3) is 0 Å². The van der Waals surface area contributed by atoms with E-state index in [1.54, 1.807) is 24.3 Å². The normalized spacial score (nSPS) is 10.2. The number of aryl methyl sites for hydroxylation is 1. The molecule has 0 aliphatic heterocycles. The van der Waals surface area contributed by atoms with Crippen molar-refractivity contribution in [2.45, 2.75) is 12.8 Å². The third kappa shape index (κ3) is 3.86. The summed E-state index contributed by atoms with van der Waals surface area (Å²) < 4.78 is 0.905. The molecular weight excluding hydrogens is 306 g/mol. The SMILES string of the molecule is CN(C(=O)CCc1ccccn1)c1cc(Br)ccn1. The molecule has 2 rings (SSSR count). The Labute approximate surface area is 120 Å². The average molecular weight is 320 g/mol. The first-order valence-electron chi connectivity index (χ1n) is 5.95. The van der Waals surface area contributed by atoms with Gasteiger partial charge in [-0.2, -0.15) is 0 Å². The van der Waals surface area contributed by atoms with E-state index in [0.717, 1.165) is 10.2 Å². The fourth-order valence-electron chi connectivity index (χ4n) is 1.65. The Balaban J connectivity index is 1.96. The number of hydrogen-bond acceptors (Lipinski definition) is 3. The van der Waals surface area contributed by atoms with E-state index >= 15 is 0 Å². The first-order chi connectivity index (χ1) is 9.16. The van der Waals surface area contributed by atoms with E-state index in [1.807, 2.05) is 30.3 Å². The van der Waals surface area contributed by atoms with Gasteiger partial charge in [0.2, 0.25) is 5.91 Å². The highest BCUT2D eigenvalue weighted by atomic mass is 79.9. The maximum atomic E-state index is 12.1. The van der Waals surface area contributed by atoms with Crippen LogP contribution in [0.15, 0.2) is 47.2 Å². The molecular formula is C14H14BrN3O. The van der Waals surface area contributed by atoms with E-state index < -0.39 is 0 Å². The Morgan fingerprint density at radius 3 is 2.79 bits per heavy atom. The summed E-state index contributed by atoms with van der Waals surface area (Å²) in [6.07, 6.45) is 4.46. The van der Waals surface area contributed by atoms with Crippen LogP contribution < -0.4 is 4.90 Å². The number of carbonyl (C=O) groups is 1. The largest absolute Gasteiger partial charge is 0.300 e. The first-order valence-corrected chi connectivity index (χ1v) is 6.74. The number of amides is 1. The highest BCUT2D eigenvalue weighted by Gasteiger charge is 2.12. The summed E-state index contributed by atoms with van der Waals surface area (Å²) in [5.74, 6) is 0.664. The number of hydrogen-bond donors (Lipinski definition) is 0. The van der Waals surface area contributed by atoms with E-state index in [0.29, 0.717) is 18.7 Å². The number of aromatic nitrogens is 2. The van der Waals surface area contributed by atoms with Crippen molar-refractivity contribution in [1.29, 1.82) is 0 Å². The van der Waals surface area contributed by atoms with Gasteiger partial charge in [0.05, 0.1) is 0 Å². The molecule has 0 aliphatic carbocycles. The number of anilines is 1. The van der Waals surface area contributed by atoms with Gasteiger partial charge in [0, 0.05) is 36.0 Å². The van der Waals surface area contributed by atoms with E-state index in [-0.39, 0.29) is 5.91 Å². The Kier molecular flexibility index (Phi) is 4.63. The Hall–Kier alpha value is -1.75. The first kappa shape index (κ1) is 13.7. The van der Waals surface area contributed by atoms with Crippen molar-refractivity contribution in [2.24, 2.45) is 0 Å². The minimum Gasteiger partial charge on any atom is -0.300 e. The van der Waals surface area contributed by atoms with Crippen LogP contribution in [0, 0.1) is 0 Å². The predicted molar refractivity (Wildman–Crippen MR) is 77.9 cm³/mol. The van der Waals surface area contributed by atoms with Crippen molar-refractivity contribution < 1.29 is 4.79 Å². The molecule has 0 saturated carbocycles. The topological polar surface area (TPSA) is 46.1 Å². The fraction of sp³-hybridized carbons (Fsp3) is 0.214. The molecule has 0 unspecified atom stereocenters. The van der Waals surface area contributed by atoms with Gasteiger partial charge in [0.15, 0.2) is 0 Å². The standard InChI is InChI=1S/C14H14BrN3O/c1-18(13-10-11(15)7-9-17-13)14(19)6-5-12-4-2-3-8-16-12/h2-4,7-10H,5-6H2,1H3. The molecule has 0 radical (unpaired) electrons. The number of pyridine rings is 2. The van der Waals surface area contributed by atoms with Crippen LogP contribution >= 0.6 is 15.9 Å². The molecule has 0 bridgehead atoms. The third-order valence-corrected chi connectivity index (χ3v) is 3.24. The highest BCUT2D eigenvalue weighted by molar-refractivity contribution is 9.10. The van der Waals surface area contributed by atoms with Crippen LogP contribution in [0.25, 0.3) is 0 Å². The minimum atomic E-state index is 0.0243. The van der Waals surface area contributed by atoms with E-state index in [1.165, 1.54) is 0 Å². The lowest BCUT2D eigenvalue weighted by atomic mass is 10.2. The lowest BCUT2D eigenvalue weighted by Crippen LogP contribution is -2.27. The quantitative estimate of drug-likeness (QED) is 0.870. The number of nitrogens with zero attached hydrogens (tertiary/aromatic N) is 3. The van der Waals surface area contributed by atoms with E-state index in [4.69, 9.17) is 0 Å². The minimum absolute atomic E-state index is 0.0243. The average Bonchev–Trinajstić information content (AvgIpc) is 2.45. The Bertz CT molecular complexity index is 560. The Morgan fingerprint density at radius 2 is 2.11 bits per heavy atom. The summed E-state index contributed by atoms with van der Waals surface area (Å²) in [4.78, 5) is 22.0. The molecule has 98 valence electrons. The van der Waals surface area contributed by atoms with Crippen molar-refractivity contribution in [3.05, 3.63) is 52.9 Å². The second kappa shape index (κ2) is 6.43. The van der Waals surface area contributed by atoms with Crippen molar-refractivity contribution in [3.63, 3.8) is 0 Å². The van der Waals surface area contributed by atoms with Crippen LogP contribution in [0.2, 0.25) is 0 Å². The van der Waals surface area contributed by atoms with Gasteiger partial charge >= 0.3 is 0 Å². The van der Waals surface area contributed by atoms with Gasteiger partial charge in [-0.1, -0.05) is 22.0 Å². The van der Waals surface area contributed by atoms with Gasteiger partial charge in [-0.15, -0.1) is 0 Å². The summed E-state index contributed by atoms with van der Waals surface area (Å²) in [5, 5.41) is 0. The molecule has 0 N–H and O–H groups in total. The number of carbonyl (C=O) groups excluding carboxylic acids is 1. The van der Waals surface area contributed by atoms with Crippen LogP contribution in [0.4, 0.5) is 5.82 Å². The van der Waals surface area contributed by atoms with Crippen LogP contribution in [-0.2, 0) is 11.2 Å². The molecule has 0 aliphatic rings. The molecule has 0 spiro atoms. The van der Waals surface area contributed by atoms with Crippen molar-refractivity contribution in [1.82, 2.24) is 9.97 Å². The smallest absolute Gasteiger partial charge is 0.228 e. The van der Waals surface area contributed by atoms with Gasteiger partial charge in [-0.3, -0.25) is 14.7 Å². The van der Waals surface area contributed by atoms with Gasteiger partial charge < -0.3 is 0 Å². The van der Waals surface area contributed by atoms with Gasteiger partial charge in [-0.25, -0.2) is 4.98 Å². The number of rotatable bonds is 4. The van der Waals surface area contributed by atoms with E-state index in [2.05, 4.69) is 25.9 Å². The zero-order valence-electron chi connectivity index (χ0n) is 10.6. The zero-order chi connectivity index (χ0) is 13.7. The molecule has 0 fully saturated rings. The molecule has 2 heterocycles. The summed E-state index contributed by atoms with van der Waals surface area (Å²) in [5.41, 5.74) is 0.923. The maximum absolute atomic E-state index is 12.1. The molecule has 0 saturated heterocycles. The van der Waals surface area contributed by atoms with Crippen molar-refractivity contribution in [3.8, 4) is 0 Å². The molecule has 0 atom stereocenters. The third-order valence-electron chi connectivity index (χ3n) is 2.75. The summed E-state index contributed by atoms with van der Waals surface area (Å²) in [6, 6.07) is 9.36. The van der Waals surface area contributed by atoms with Gasteiger partial charge in [0.1, 0.15) is 5.82 Å². The van der Waals surface area contributed by atoms with Crippen LogP contribution in [0.1, 0.15) is 12.1 Å². The maximum Gasteiger partial charge on any atom is 0.228 e. The second-order valence-corrected chi connectivity index (χ2v) is 5.02. The molecule has 2 aromatic rings. The number of halogens is 1. The van der Waals surface area contributed by atoms with Crippen LogP contribution in [0.3, 0.4) is 0 Å². The van der Waals surface area contributed by atoms with Gasteiger partial charge in [-0.05, 0) is 30.7 Å². The van der Waals surface area contributed by atoms with Crippen molar-refractivity contribution >= 4 is 27.7 Å². The molecule has 19 heavy (non-hydrogen) atoms. The molecule has 0 aromatic carbocycles. The summed E-state index contributed by atoms with van der Waals surface area (Å²) >= 11 is 3.37. The molecule has 5 heteroatoms.